The van der Waals surface area contributed by atoms with Crippen LogP contribution in [0.25, 0.3) is 0 Å². The first kappa shape index (κ1) is 12.9. The third kappa shape index (κ3) is 2.44. The minimum atomic E-state index is -0.761. The highest BCUT2D eigenvalue weighted by Gasteiger charge is 2.31. The Hall–Kier alpha value is -2.14. The van der Waals surface area contributed by atoms with E-state index in [1.165, 1.54) is 5.56 Å². The van der Waals surface area contributed by atoms with E-state index in [1.54, 1.807) is 10.9 Å². The van der Waals surface area contributed by atoms with Gasteiger partial charge in [-0.1, -0.05) is 24.3 Å². The Balaban J connectivity index is 1.86. The number of hydrogen-bond donors (Lipinski definition) is 1. The van der Waals surface area contributed by atoms with Crippen LogP contribution in [0, 0.1) is 0 Å². The Bertz CT molecular complexity index is 636. The van der Waals surface area contributed by atoms with Crippen LogP contribution in [0.4, 0.5) is 0 Å². The van der Waals surface area contributed by atoms with Crippen LogP contribution in [0.3, 0.4) is 0 Å². The van der Waals surface area contributed by atoms with E-state index in [9.17, 15) is 9.90 Å². The van der Waals surface area contributed by atoms with Crippen molar-refractivity contribution in [2.75, 3.05) is 0 Å². The fraction of sp³-hybridized carbons (Fsp3) is 0.333. The summed E-state index contributed by atoms with van der Waals surface area (Å²) in [6.45, 7) is 1.28. The van der Waals surface area contributed by atoms with Gasteiger partial charge in [0.1, 0.15) is 6.04 Å². The first-order chi connectivity index (χ1) is 9.63. The molecule has 1 N–H and O–H groups in total. The number of carbonyl (C=O) groups is 1. The van der Waals surface area contributed by atoms with Gasteiger partial charge in [-0.3, -0.25) is 14.4 Å². The molecular formula is C15H17N3O2. The Kier molecular flexibility index (Phi) is 3.28. The molecule has 1 aromatic heterocycles. The Labute approximate surface area is 117 Å². The molecule has 0 radical (unpaired) electrons. The number of rotatable bonds is 3. The summed E-state index contributed by atoms with van der Waals surface area (Å²) in [7, 11) is 1.86. The fourth-order valence-electron chi connectivity index (χ4n) is 2.77. The third-order valence-electron chi connectivity index (χ3n) is 3.77. The van der Waals surface area contributed by atoms with Crippen molar-refractivity contribution in [2.24, 2.45) is 7.05 Å². The van der Waals surface area contributed by atoms with Crippen LogP contribution in [-0.4, -0.2) is 31.8 Å². The van der Waals surface area contributed by atoms with Gasteiger partial charge < -0.3 is 5.11 Å². The number of benzene rings is 1. The van der Waals surface area contributed by atoms with E-state index < -0.39 is 12.0 Å². The third-order valence-corrected chi connectivity index (χ3v) is 3.77. The molecule has 0 fully saturated rings. The summed E-state index contributed by atoms with van der Waals surface area (Å²) in [5.41, 5.74) is 3.40. The number of aromatic nitrogens is 2. The lowest BCUT2D eigenvalue weighted by Gasteiger charge is -2.34. The molecule has 1 aliphatic rings. The molecule has 0 aliphatic carbocycles. The van der Waals surface area contributed by atoms with Crippen LogP contribution < -0.4 is 0 Å². The zero-order chi connectivity index (χ0) is 14.1. The van der Waals surface area contributed by atoms with E-state index in [1.807, 2.05) is 36.3 Å². The van der Waals surface area contributed by atoms with Crippen LogP contribution in [0.2, 0.25) is 0 Å². The highest BCUT2D eigenvalue weighted by molar-refractivity contribution is 5.74. The lowest BCUT2D eigenvalue weighted by atomic mass is 9.94. The van der Waals surface area contributed by atoms with E-state index in [0.717, 1.165) is 11.1 Å². The molecule has 0 bridgehead atoms. The summed E-state index contributed by atoms with van der Waals surface area (Å²) in [6.07, 6.45) is 4.28. The molecular weight excluding hydrogens is 254 g/mol. The minimum Gasteiger partial charge on any atom is -0.480 e. The second kappa shape index (κ2) is 5.09. The van der Waals surface area contributed by atoms with Gasteiger partial charge >= 0.3 is 5.97 Å². The summed E-state index contributed by atoms with van der Waals surface area (Å²) in [5.74, 6) is -0.761. The monoisotopic (exact) mass is 271 g/mol. The lowest BCUT2D eigenvalue weighted by Crippen LogP contribution is -2.44. The molecule has 1 aliphatic heterocycles. The van der Waals surface area contributed by atoms with Gasteiger partial charge in [0.05, 0.1) is 6.20 Å². The Morgan fingerprint density at radius 3 is 2.80 bits per heavy atom. The van der Waals surface area contributed by atoms with Crippen LogP contribution in [0.5, 0.6) is 0 Å². The molecule has 0 amide bonds. The quantitative estimate of drug-likeness (QED) is 0.917. The normalized spacial score (nSPS) is 18.8. The molecule has 2 aromatic rings. The van der Waals surface area contributed by atoms with Gasteiger partial charge in [0.2, 0.25) is 0 Å². The Morgan fingerprint density at radius 1 is 1.40 bits per heavy atom. The van der Waals surface area contributed by atoms with Gasteiger partial charge in [0.25, 0.3) is 0 Å². The zero-order valence-corrected chi connectivity index (χ0v) is 11.4. The van der Waals surface area contributed by atoms with E-state index in [2.05, 4.69) is 11.2 Å². The second-order valence-corrected chi connectivity index (χ2v) is 5.25. The molecule has 1 aromatic carbocycles. The molecule has 3 rings (SSSR count). The molecule has 5 nitrogen and oxygen atoms in total. The fourth-order valence-corrected chi connectivity index (χ4v) is 2.77. The summed E-state index contributed by atoms with van der Waals surface area (Å²) < 4.78 is 1.74. The summed E-state index contributed by atoms with van der Waals surface area (Å²) in [5, 5.41) is 13.6. The van der Waals surface area contributed by atoms with Crippen molar-refractivity contribution in [3.05, 3.63) is 53.3 Å². The highest BCUT2D eigenvalue weighted by atomic mass is 16.4. The van der Waals surface area contributed by atoms with Crippen molar-refractivity contribution >= 4 is 5.97 Å². The van der Waals surface area contributed by atoms with Crippen molar-refractivity contribution < 1.29 is 9.90 Å². The number of aliphatic carboxylic acids is 1. The molecule has 0 saturated carbocycles. The molecule has 5 heteroatoms. The minimum absolute atomic E-state index is 0.467. The zero-order valence-electron chi connectivity index (χ0n) is 11.4. The lowest BCUT2D eigenvalue weighted by molar-refractivity contribution is -0.144. The van der Waals surface area contributed by atoms with E-state index in [-0.39, 0.29) is 0 Å². The van der Waals surface area contributed by atoms with Crippen molar-refractivity contribution in [1.82, 2.24) is 14.7 Å². The second-order valence-electron chi connectivity index (χ2n) is 5.25. The van der Waals surface area contributed by atoms with E-state index in [0.29, 0.717) is 19.5 Å². The Morgan fingerprint density at radius 2 is 2.15 bits per heavy atom. The average molecular weight is 271 g/mol. The van der Waals surface area contributed by atoms with Gasteiger partial charge in [-0.05, 0) is 17.5 Å². The molecule has 2 heterocycles. The van der Waals surface area contributed by atoms with Crippen molar-refractivity contribution in [2.45, 2.75) is 25.6 Å². The van der Waals surface area contributed by atoms with E-state index >= 15 is 0 Å². The molecule has 0 spiro atoms. The van der Waals surface area contributed by atoms with Crippen LogP contribution in [0.15, 0.2) is 36.7 Å². The molecule has 104 valence electrons. The number of carboxylic acids is 1. The van der Waals surface area contributed by atoms with Gasteiger partial charge in [0, 0.05) is 31.9 Å². The largest absolute Gasteiger partial charge is 0.480 e. The van der Waals surface area contributed by atoms with Gasteiger partial charge in [-0.25, -0.2) is 0 Å². The molecule has 20 heavy (non-hydrogen) atoms. The maximum absolute atomic E-state index is 11.5. The van der Waals surface area contributed by atoms with Gasteiger partial charge in [-0.15, -0.1) is 0 Å². The standard InChI is InChI=1S/C15H17N3O2/c1-17-8-11(7-16-17)9-18-10-13-5-3-2-4-12(13)6-14(18)15(19)20/h2-5,7-8,14H,6,9-10H2,1H3,(H,19,20). The van der Waals surface area contributed by atoms with Crippen LogP contribution in [-0.2, 0) is 31.4 Å². The molecule has 1 unspecified atom stereocenters. The van der Waals surface area contributed by atoms with Crippen LogP contribution in [0.1, 0.15) is 16.7 Å². The SMILES string of the molecule is Cn1cc(CN2Cc3ccccc3CC2C(=O)O)cn1. The number of carboxylic acid groups (broad SMARTS) is 1. The number of nitrogens with zero attached hydrogens (tertiary/aromatic N) is 3. The van der Waals surface area contributed by atoms with Crippen molar-refractivity contribution in [3.63, 3.8) is 0 Å². The molecule has 1 atom stereocenters. The maximum Gasteiger partial charge on any atom is 0.321 e. The van der Waals surface area contributed by atoms with Crippen LogP contribution >= 0.6 is 0 Å². The van der Waals surface area contributed by atoms with Crippen molar-refractivity contribution in [1.29, 1.82) is 0 Å². The average Bonchev–Trinajstić information content (AvgIpc) is 2.83. The highest BCUT2D eigenvalue weighted by Crippen LogP contribution is 2.24. The van der Waals surface area contributed by atoms with Crippen molar-refractivity contribution in [3.8, 4) is 0 Å². The number of aryl methyl sites for hydroxylation is 1. The first-order valence-corrected chi connectivity index (χ1v) is 6.64. The topological polar surface area (TPSA) is 58.4 Å². The predicted molar refractivity (Wildman–Crippen MR) is 74.0 cm³/mol. The summed E-state index contributed by atoms with van der Waals surface area (Å²) >= 11 is 0. The van der Waals surface area contributed by atoms with Gasteiger partial charge in [0.15, 0.2) is 0 Å². The maximum atomic E-state index is 11.5. The molecule has 0 saturated heterocycles. The number of hydrogen-bond acceptors (Lipinski definition) is 3. The van der Waals surface area contributed by atoms with E-state index in [4.69, 9.17) is 0 Å². The predicted octanol–water partition coefficient (Wildman–Crippen LogP) is 1.43. The van der Waals surface area contributed by atoms with Gasteiger partial charge in [-0.2, -0.15) is 5.10 Å². The first-order valence-electron chi connectivity index (χ1n) is 6.64. The summed E-state index contributed by atoms with van der Waals surface area (Å²) in [6, 6.07) is 7.60. The number of fused-ring (bicyclic) bond motifs is 1. The smallest absolute Gasteiger partial charge is 0.321 e. The summed E-state index contributed by atoms with van der Waals surface area (Å²) in [4.78, 5) is 13.5.